The Kier molecular flexibility index (Phi) is 9.01. The highest BCUT2D eigenvalue weighted by atomic mass is 35.5. The first-order valence-corrected chi connectivity index (χ1v) is 17.4. The molecule has 1 aliphatic heterocycles. The molecule has 2 saturated carbocycles. The fourth-order valence-corrected chi connectivity index (χ4v) is 9.10. The number of rotatable bonds is 8. The van der Waals surface area contributed by atoms with Gasteiger partial charge in [-0.25, -0.2) is 26.0 Å². The largest absolute Gasteiger partial charge is 0.493 e. The minimum Gasteiger partial charge on any atom is -0.314 e. The number of hydrogen-bond acceptors (Lipinski definition) is 8. The highest BCUT2D eigenvalue weighted by Gasteiger charge is 2.50. The molecule has 2 aromatic rings. The first-order valence-electron chi connectivity index (χ1n) is 13.6. The van der Waals surface area contributed by atoms with Crippen LogP contribution in [0.3, 0.4) is 0 Å². The molecular formula is C27H26Cl2F4N2O7S2. The van der Waals surface area contributed by atoms with Crippen molar-refractivity contribution >= 4 is 54.9 Å². The maximum atomic E-state index is 15.4. The monoisotopic (exact) mass is 700 g/mol. The molecule has 3 aliphatic rings. The number of amides is 1. The Morgan fingerprint density at radius 1 is 0.886 bits per heavy atom. The van der Waals surface area contributed by atoms with Crippen LogP contribution >= 0.6 is 23.2 Å². The molecule has 5 rings (SSSR count). The molecule has 0 radical (unpaired) electrons. The molecule has 2 aromatic carbocycles. The molecule has 9 nitrogen and oxygen atoms in total. The van der Waals surface area contributed by atoms with Gasteiger partial charge in [-0.05, 0) is 99.0 Å². The maximum absolute atomic E-state index is 15.4. The zero-order chi connectivity index (χ0) is 32.2. The minimum atomic E-state index is -5.60. The number of halogens is 6. The number of nitrogens with zero attached hydrogens (tertiary/aromatic N) is 2. The summed E-state index contributed by atoms with van der Waals surface area (Å²) in [4.78, 5) is 30.6. The Balaban J connectivity index is 1.35. The molecule has 0 aromatic heterocycles. The first-order chi connectivity index (χ1) is 20.5. The van der Waals surface area contributed by atoms with Crippen molar-refractivity contribution in [2.24, 2.45) is 0 Å². The number of piperidine rings is 1. The molecule has 3 fully saturated rings. The molecule has 44 heavy (non-hydrogen) atoms. The van der Waals surface area contributed by atoms with Gasteiger partial charge >= 0.3 is 18.1 Å². The van der Waals surface area contributed by atoms with Gasteiger partial charge in [0, 0.05) is 16.6 Å². The zero-order valence-electron chi connectivity index (χ0n) is 22.8. The van der Waals surface area contributed by atoms with Gasteiger partial charge in [0.25, 0.3) is 10.0 Å². The van der Waals surface area contributed by atoms with Crippen molar-refractivity contribution in [3.63, 3.8) is 0 Å². The average Bonchev–Trinajstić information content (AvgIpc) is 3.84. The molecule has 0 spiro atoms. The number of carbonyl (C=O) groups excluding carboxylic acids is 2. The number of hydroxylamine groups is 1. The number of hydrogen-bond donors (Lipinski definition) is 0. The Labute approximate surface area is 261 Å². The van der Waals surface area contributed by atoms with Crippen LogP contribution in [0.15, 0.2) is 35.2 Å². The van der Waals surface area contributed by atoms with Crippen molar-refractivity contribution < 1.29 is 48.8 Å². The second-order valence-corrected chi connectivity index (χ2v) is 16.2. The number of carbonyl (C=O) groups is 2. The van der Waals surface area contributed by atoms with Gasteiger partial charge in [-0.3, -0.25) is 9.69 Å². The molecule has 1 amide bonds. The minimum absolute atomic E-state index is 0.0189. The third-order valence-electron chi connectivity index (χ3n) is 7.75. The van der Waals surface area contributed by atoms with E-state index in [0.29, 0.717) is 37.1 Å². The van der Waals surface area contributed by atoms with Crippen LogP contribution in [-0.2, 0) is 36.0 Å². The van der Waals surface area contributed by atoms with E-state index in [1.54, 1.807) is 0 Å². The third-order valence-corrected chi connectivity index (χ3v) is 12.4. The lowest BCUT2D eigenvalue weighted by Crippen LogP contribution is -2.44. The van der Waals surface area contributed by atoms with Crippen molar-refractivity contribution in [1.29, 1.82) is 0 Å². The fraction of sp³-hybridized carbons (Fsp3) is 0.481. The maximum Gasteiger partial charge on any atom is 0.493 e. The van der Waals surface area contributed by atoms with Crippen molar-refractivity contribution in [2.75, 3.05) is 13.1 Å². The molecule has 1 saturated heterocycles. The van der Waals surface area contributed by atoms with Gasteiger partial charge in [0.05, 0.1) is 21.0 Å². The van der Waals surface area contributed by atoms with E-state index in [9.17, 15) is 39.6 Å². The van der Waals surface area contributed by atoms with E-state index >= 15 is 4.39 Å². The van der Waals surface area contributed by atoms with Gasteiger partial charge in [0.15, 0.2) is 9.84 Å². The van der Waals surface area contributed by atoms with Crippen LogP contribution in [0.25, 0.3) is 0 Å². The van der Waals surface area contributed by atoms with Crippen molar-refractivity contribution in [1.82, 2.24) is 9.37 Å². The number of sulfone groups is 1. The van der Waals surface area contributed by atoms with Gasteiger partial charge in [-0.2, -0.15) is 13.2 Å². The second-order valence-electron chi connectivity index (χ2n) is 11.1. The summed E-state index contributed by atoms with van der Waals surface area (Å²) >= 11 is 12.0. The quantitative estimate of drug-likeness (QED) is 0.265. The van der Waals surface area contributed by atoms with Crippen LogP contribution in [0.1, 0.15) is 65.9 Å². The molecule has 0 bridgehead atoms. The zero-order valence-corrected chi connectivity index (χ0v) is 26.0. The topological polar surface area (TPSA) is 118 Å². The summed E-state index contributed by atoms with van der Waals surface area (Å²) in [6.07, 6.45) is -3.63. The summed E-state index contributed by atoms with van der Waals surface area (Å²) in [5.74, 6) is -5.98. The normalized spacial score (nSPS) is 18.7. The Morgan fingerprint density at radius 2 is 1.48 bits per heavy atom. The summed E-state index contributed by atoms with van der Waals surface area (Å²) in [5, 5.41) is -1.55. The number of sulfonamides is 1. The Hall–Kier alpha value is -2.46. The van der Waals surface area contributed by atoms with E-state index in [4.69, 9.17) is 23.2 Å². The van der Waals surface area contributed by atoms with Crippen molar-refractivity contribution in [3.05, 3.63) is 62.9 Å². The van der Waals surface area contributed by atoms with Crippen molar-refractivity contribution in [3.8, 4) is 0 Å². The highest BCUT2D eigenvalue weighted by Crippen LogP contribution is 2.43. The standard InChI is InChI=1S/C27H26Cl2F4N2O7S2/c28-17-10-18(29)12-21(11-17)43(38,39)19-5-7-34(8-6-19)14-16-9-24(30)23(13-22(16)15-1-2-15)25(36)35(42-26(37)27(31,32)33)44(40,41)20-3-4-20/h9-13,15,19-20H,1-8,14H2. The van der Waals surface area contributed by atoms with Gasteiger partial charge in [-0.1, -0.05) is 27.7 Å². The predicted molar refractivity (Wildman–Crippen MR) is 151 cm³/mol. The van der Waals surface area contributed by atoms with Gasteiger partial charge in [-0.15, -0.1) is 0 Å². The third kappa shape index (κ3) is 7.01. The molecular weight excluding hydrogens is 675 g/mol. The van der Waals surface area contributed by atoms with E-state index in [2.05, 4.69) is 4.84 Å². The SMILES string of the molecule is O=C(c1cc(C2CC2)c(CN2CCC(S(=O)(=O)c3cc(Cl)cc(Cl)c3)CC2)cc1F)N(OC(=O)C(F)(F)F)S(=O)(=O)C1CC1. The molecule has 17 heteroatoms. The molecule has 0 N–H and O–H groups in total. The summed E-state index contributed by atoms with van der Waals surface area (Å²) < 4.78 is 105. The summed E-state index contributed by atoms with van der Waals surface area (Å²) in [6, 6.07) is 6.22. The number of likely N-dealkylation sites (tertiary alicyclic amines) is 1. The summed E-state index contributed by atoms with van der Waals surface area (Å²) in [6.45, 7) is 0.858. The average molecular weight is 702 g/mol. The smallest absolute Gasteiger partial charge is 0.314 e. The summed E-state index contributed by atoms with van der Waals surface area (Å²) in [7, 11) is -8.57. The van der Waals surface area contributed by atoms with Crippen LogP contribution < -0.4 is 0 Å². The molecule has 0 atom stereocenters. The Morgan fingerprint density at radius 3 is 2.00 bits per heavy atom. The van der Waals surface area contributed by atoms with E-state index in [-0.39, 0.29) is 53.1 Å². The lowest BCUT2D eigenvalue weighted by atomic mass is 9.98. The number of alkyl halides is 3. The first kappa shape index (κ1) is 32.9. The lowest BCUT2D eigenvalue weighted by molar-refractivity contribution is -0.217. The fourth-order valence-electron chi connectivity index (χ4n) is 5.15. The van der Waals surface area contributed by atoms with Crippen LogP contribution in [0.4, 0.5) is 17.6 Å². The molecule has 1 heterocycles. The summed E-state index contributed by atoms with van der Waals surface area (Å²) in [5.41, 5.74) is 0.122. The van der Waals surface area contributed by atoms with E-state index in [1.807, 2.05) is 4.90 Å². The van der Waals surface area contributed by atoms with E-state index in [1.165, 1.54) is 18.2 Å². The van der Waals surface area contributed by atoms with Crippen LogP contribution in [-0.4, -0.2) is 67.8 Å². The van der Waals surface area contributed by atoms with Crippen LogP contribution in [0.5, 0.6) is 0 Å². The second kappa shape index (κ2) is 12.0. The van der Waals surface area contributed by atoms with Gasteiger partial charge in [0.2, 0.25) is 0 Å². The molecule has 0 unspecified atom stereocenters. The molecule has 2 aliphatic carbocycles. The van der Waals surface area contributed by atoms with Crippen LogP contribution in [0.2, 0.25) is 10.0 Å². The van der Waals surface area contributed by atoms with Gasteiger partial charge < -0.3 is 4.84 Å². The highest BCUT2D eigenvalue weighted by molar-refractivity contribution is 7.92. The van der Waals surface area contributed by atoms with Crippen LogP contribution in [0, 0.1) is 5.82 Å². The predicted octanol–water partition coefficient (Wildman–Crippen LogP) is 5.40. The van der Waals surface area contributed by atoms with E-state index < -0.39 is 64.3 Å². The van der Waals surface area contributed by atoms with E-state index in [0.717, 1.165) is 12.1 Å². The molecule has 240 valence electrons. The van der Waals surface area contributed by atoms with Crippen molar-refractivity contribution in [2.45, 2.75) is 72.6 Å². The lowest BCUT2D eigenvalue weighted by Gasteiger charge is -2.32. The Bertz CT molecular complexity index is 1680. The number of benzene rings is 2. The van der Waals surface area contributed by atoms with Gasteiger partial charge in [0.1, 0.15) is 5.82 Å².